The van der Waals surface area contributed by atoms with Crippen LogP contribution >= 0.6 is 0 Å². The Labute approximate surface area is 131 Å². The molecule has 0 amide bonds. The summed E-state index contributed by atoms with van der Waals surface area (Å²) in [5, 5.41) is 9.39. The topological polar surface area (TPSA) is 82.9 Å². The van der Waals surface area contributed by atoms with Gasteiger partial charge >= 0.3 is 5.97 Å². The molecule has 23 heavy (non-hydrogen) atoms. The molecule has 0 radical (unpaired) electrons. The van der Waals surface area contributed by atoms with E-state index >= 15 is 0 Å². The van der Waals surface area contributed by atoms with Gasteiger partial charge in [0.05, 0.1) is 17.2 Å². The van der Waals surface area contributed by atoms with Crippen molar-refractivity contribution < 1.29 is 9.53 Å². The first-order valence-electron chi connectivity index (χ1n) is 6.95. The molecule has 0 unspecified atom stereocenters. The molecule has 0 aliphatic carbocycles. The second-order valence-electron chi connectivity index (χ2n) is 4.98. The summed E-state index contributed by atoms with van der Waals surface area (Å²) in [5.74, 6) is -0.559. The van der Waals surface area contributed by atoms with Gasteiger partial charge in [0, 0.05) is 17.0 Å². The molecular formula is C18H12N2O3. The van der Waals surface area contributed by atoms with Gasteiger partial charge in [0.25, 0.3) is 0 Å². The van der Waals surface area contributed by atoms with Gasteiger partial charge in [-0.1, -0.05) is 30.3 Å². The van der Waals surface area contributed by atoms with E-state index in [1.165, 1.54) is 6.07 Å². The summed E-state index contributed by atoms with van der Waals surface area (Å²) in [6.45, 7) is 0.0751. The minimum atomic E-state index is -0.559. The first-order chi connectivity index (χ1) is 11.2. The number of esters is 1. The number of ether oxygens (including phenoxy) is 1. The highest BCUT2D eigenvalue weighted by Gasteiger charge is 2.13. The van der Waals surface area contributed by atoms with Crippen LogP contribution in [-0.2, 0) is 11.3 Å². The number of hydrogen-bond donors (Lipinski definition) is 1. The quantitative estimate of drug-likeness (QED) is 0.754. The number of fused-ring (bicyclic) bond motifs is 1. The second kappa shape index (κ2) is 6.16. The van der Waals surface area contributed by atoms with Crippen LogP contribution in [0.3, 0.4) is 0 Å². The van der Waals surface area contributed by atoms with Crippen LogP contribution in [0.4, 0.5) is 0 Å². The lowest BCUT2D eigenvalue weighted by molar-refractivity contribution is 0.0475. The van der Waals surface area contributed by atoms with E-state index in [4.69, 9.17) is 10.00 Å². The van der Waals surface area contributed by atoms with Gasteiger partial charge < -0.3 is 9.72 Å². The number of nitriles is 1. The van der Waals surface area contributed by atoms with Crippen LogP contribution in [0.1, 0.15) is 21.5 Å². The molecule has 5 nitrogen and oxygen atoms in total. The largest absolute Gasteiger partial charge is 0.457 e. The van der Waals surface area contributed by atoms with Gasteiger partial charge in [0.2, 0.25) is 5.56 Å². The lowest BCUT2D eigenvalue weighted by Crippen LogP contribution is -2.12. The Balaban J connectivity index is 1.83. The number of aromatic amines is 1. The minimum absolute atomic E-state index is 0.0751. The summed E-state index contributed by atoms with van der Waals surface area (Å²) in [7, 11) is 0. The Kier molecular flexibility index (Phi) is 3.89. The van der Waals surface area contributed by atoms with E-state index < -0.39 is 5.97 Å². The number of hydrogen-bond acceptors (Lipinski definition) is 4. The third kappa shape index (κ3) is 3.11. The lowest BCUT2D eigenvalue weighted by Gasteiger charge is -2.07. The van der Waals surface area contributed by atoms with E-state index in [2.05, 4.69) is 4.98 Å². The molecule has 112 valence electrons. The monoisotopic (exact) mass is 304 g/mol. The van der Waals surface area contributed by atoms with Crippen molar-refractivity contribution in [1.29, 1.82) is 5.26 Å². The normalized spacial score (nSPS) is 10.2. The number of H-pyrrole nitrogens is 1. The Morgan fingerprint density at radius 1 is 1.13 bits per heavy atom. The molecule has 1 heterocycles. The molecule has 0 spiro atoms. The van der Waals surface area contributed by atoms with E-state index in [-0.39, 0.29) is 17.7 Å². The van der Waals surface area contributed by atoms with Gasteiger partial charge in [-0.2, -0.15) is 5.26 Å². The third-order valence-corrected chi connectivity index (χ3v) is 3.42. The molecule has 0 aliphatic rings. The molecule has 0 bridgehead atoms. The van der Waals surface area contributed by atoms with E-state index in [9.17, 15) is 9.59 Å². The van der Waals surface area contributed by atoms with Crippen LogP contribution in [0.2, 0.25) is 0 Å². The van der Waals surface area contributed by atoms with Crippen LogP contribution in [0.25, 0.3) is 10.9 Å². The third-order valence-electron chi connectivity index (χ3n) is 3.42. The molecule has 0 saturated heterocycles. The number of rotatable bonds is 3. The SMILES string of the molecule is N#Cc1ccc(COC(=O)c2cc(=O)[nH]c3ccccc23)cc1. The van der Waals surface area contributed by atoms with Gasteiger partial charge in [0.15, 0.2) is 0 Å². The molecule has 1 N–H and O–H groups in total. The molecule has 0 aliphatic heterocycles. The van der Waals surface area contributed by atoms with Crippen molar-refractivity contribution in [3.05, 3.63) is 81.6 Å². The molecule has 2 aromatic carbocycles. The fourth-order valence-corrected chi connectivity index (χ4v) is 2.28. The van der Waals surface area contributed by atoms with Gasteiger partial charge in [-0.25, -0.2) is 4.79 Å². The summed E-state index contributed by atoms with van der Waals surface area (Å²) >= 11 is 0. The van der Waals surface area contributed by atoms with Gasteiger partial charge in [0.1, 0.15) is 6.61 Å². The Morgan fingerprint density at radius 2 is 1.87 bits per heavy atom. The average Bonchev–Trinajstić information content (AvgIpc) is 2.59. The van der Waals surface area contributed by atoms with E-state index in [0.29, 0.717) is 16.5 Å². The molecule has 3 rings (SSSR count). The van der Waals surface area contributed by atoms with Crippen molar-refractivity contribution in [2.24, 2.45) is 0 Å². The van der Waals surface area contributed by atoms with E-state index in [1.807, 2.05) is 6.07 Å². The predicted octanol–water partition coefficient (Wildman–Crippen LogP) is 2.76. The van der Waals surface area contributed by atoms with Crippen LogP contribution in [-0.4, -0.2) is 11.0 Å². The smallest absolute Gasteiger partial charge is 0.339 e. The first kappa shape index (κ1) is 14.5. The summed E-state index contributed by atoms with van der Waals surface area (Å²) in [4.78, 5) is 26.6. The zero-order valence-electron chi connectivity index (χ0n) is 12.1. The van der Waals surface area contributed by atoms with Crippen molar-refractivity contribution in [1.82, 2.24) is 4.98 Å². The molecule has 0 atom stereocenters. The zero-order chi connectivity index (χ0) is 16.2. The zero-order valence-corrected chi connectivity index (χ0v) is 12.1. The maximum Gasteiger partial charge on any atom is 0.339 e. The first-order valence-corrected chi connectivity index (χ1v) is 6.95. The van der Waals surface area contributed by atoms with Crippen LogP contribution in [0.5, 0.6) is 0 Å². The molecule has 5 heteroatoms. The van der Waals surface area contributed by atoms with Crippen molar-refractivity contribution in [2.75, 3.05) is 0 Å². The number of pyridine rings is 1. The summed E-state index contributed by atoms with van der Waals surface area (Å²) in [6.07, 6.45) is 0. The predicted molar refractivity (Wildman–Crippen MR) is 84.8 cm³/mol. The molecule has 3 aromatic rings. The minimum Gasteiger partial charge on any atom is -0.457 e. The molecule has 0 saturated carbocycles. The number of nitrogens with one attached hydrogen (secondary N) is 1. The standard InChI is InChI=1S/C18H12N2O3/c19-10-12-5-7-13(8-6-12)11-23-18(22)15-9-17(21)20-16-4-2-1-3-14(15)16/h1-9H,11H2,(H,20,21). The highest BCUT2D eigenvalue weighted by molar-refractivity contribution is 6.03. The number of carbonyl (C=O) groups is 1. The summed E-state index contributed by atoms with van der Waals surface area (Å²) in [6, 6.07) is 17.1. The Morgan fingerprint density at radius 3 is 2.61 bits per heavy atom. The number of para-hydroxylation sites is 1. The lowest BCUT2D eigenvalue weighted by atomic mass is 10.1. The van der Waals surface area contributed by atoms with Gasteiger partial charge in [-0.05, 0) is 23.8 Å². The number of aromatic nitrogens is 1. The van der Waals surface area contributed by atoms with Crippen molar-refractivity contribution in [2.45, 2.75) is 6.61 Å². The highest BCUT2D eigenvalue weighted by atomic mass is 16.5. The van der Waals surface area contributed by atoms with E-state index in [1.54, 1.807) is 48.5 Å². The van der Waals surface area contributed by atoms with Crippen LogP contribution < -0.4 is 5.56 Å². The van der Waals surface area contributed by atoms with E-state index in [0.717, 1.165) is 5.56 Å². The maximum absolute atomic E-state index is 12.3. The molecular weight excluding hydrogens is 292 g/mol. The number of carbonyl (C=O) groups excluding carboxylic acids is 1. The van der Waals surface area contributed by atoms with Crippen molar-refractivity contribution >= 4 is 16.9 Å². The highest BCUT2D eigenvalue weighted by Crippen LogP contribution is 2.16. The Bertz CT molecular complexity index is 966. The summed E-state index contributed by atoms with van der Waals surface area (Å²) < 4.78 is 5.28. The fraction of sp³-hybridized carbons (Fsp3) is 0.0556. The van der Waals surface area contributed by atoms with Crippen molar-refractivity contribution in [3.8, 4) is 6.07 Å². The fourth-order valence-electron chi connectivity index (χ4n) is 2.28. The Hall–Kier alpha value is -3.39. The van der Waals surface area contributed by atoms with Crippen molar-refractivity contribution in [3.63, 3.8) is 0 Å². The van der Waals surface area contributed by atoms with Gasteiger partial charge in [-0.15, -0.1) is 0 Å². The number of nitrogens with zero attached hydrogens (tertiary/aromatic N) is 1. The number of benzene rings is 2. The van der Waals surface area contributed by atoms with Crippen LogP contribution in [0, 0.1) is 11.3 Å². The second-order valence-corrected chi connectivity index (χ2v) is 4.98. The van der Waals surface area contributed by atoms with Crippen LogP contribution in [0.15, 0.2) is 59.4 Å². The average molecular weight is 304 g/mol. The van der Waals surface area contributed by atoms with Gasteiger partial charge in [-0.3, -0.25) is 4.79 Å². The molecule has 1 aromatic heterocycles. The molecule has 0 fully saturated rings. The summed E-state index contributed by atoms with van der Waals surface area (Å²) in [5.41, 5.74) is 1.78. The maximum atomic E-state index is 12.3.